The molecule has 1 unspecified atom stereocenters. The second-order valence-corrected chi connectivity index (χ2v) is 4.17. The van der Waals surface area contributed by atoms with E-state index in [4.69, 9.17) is 5.73 Å². The zero-order valence-electron chi connectivity index (χ0n) is 10.00. The lowest BCUT2D eigenvalue weighted by Gasteiger charge is -2.13. The summed E-state index contributed by atoms with van der Waals surface area (Å²) in [5.41, 5.74) is 8.13. The first kappa shape index (κ1) is 11.6. The highest BCUT2D eigenvalue weighted by Crippen LogP contribution is 2.15. The van der Waals surface area contributed by atoms with E-state index in [9.17, 15) is 4.79 Å². The topological polar surface area (TPSA) is 65.8 Å². The van der Waals surface area contributed by atoms with Gasteiger partial charge in [0.25, 0.3) is 0 Å². The Morgan fingerprint density at radius 1 is 1.41 bits per heavy atom. The standard InChI is InChI=1S/C12H16N4O/c1-9-5-3-4-6-10(9)11(13)7-16-12(17)15(2)8-14-16/h3-6,8,11H,7,13H2,1-2H3. The Kier molecular flexibility index (Phi) is 3.10. The molecule has 5 nitrogen and oxygen atoms in total. The van der Waals surface area contributed by atoms with Gasteiger partial charge in [-0.1, -0.05) is 24.3 Å². The SMILES string of the molecule is Cc1ccccc1C(N)Cn1ncn(C)c1=O. The van der Waals surface area contributed by atoms with E-state index in [1.807, 2.05) is 31.2 Å². The summed E-state index contributed by atoms with van der Waals surface area (Å²) in [4.78, 5) is 11.6. The van der Waals surface area contributed by atoms with E-state index < -0.39 is 0 Å². The van der Waals surface area contributed by atoms with Gasteiger partial charge in [-0.05, 0) is 18.1 Å². The predicted molar refractivity (Wildman–Crippen MR) is 65.6 cm³/mol. The average Bonchev–Trinajstić information content (AvgIpc) is 2.61. The summed E-state index contributed by atoms with van der Waals surface area (Å²) in [6.45, 7) is 2.40. The monoisotopic (exact) mass is 232 g/mol. The third-order valence-electron chi connectivity index (χ3n) is 2.84. The summed E-state index contributed by atoms with van der Waals surface area (Å²) in [7, 11) is 1.67. The van der Waals surface area contributed by atoms with Gasteiger partial charge in [0.05, 0.1) is 6.54 Å². The number of rotatable bonds is 3. The van der Waals surface area contributed by atoms with Crippen molar-refractivity contribution in [3.05, 3.63) is 52.2 Å². The van der Waals surface area contributed by atoms with Crippen LogP contribution >= 0.6 is 0 Å². The maximum absolute atomic E-state index is 11.6. The molecule has 0 aliphatic rings. The number of hydrogen-bond donors (Lipinski definition) is 1. The Bertz CT molecular complexity index is 570. The van der Waals surface area contributed by atoms with E-state index in [1.165, 1.54) is 15.6 Å². The highest BCUT2D eigenvalue weighted by Gasteiger charge is 2.11. The Morgan fingerprint density at radius 2 is 2.12 bits per heavy atom. The molecule has 1 heterocycles. The van der Waals surface area contributed by atoms with E-state index in [-0.39, 0.29) is 11.7 Å². The van der Waals surface area contributed by atoms with Gasteiger partial charge in [-0.2, -0.15) is 5.10 Å². The number of aryl methyl sites for hydroxylation is 2. The van der Waals surface area contributed by atoms with Crippen LogP contribution < -0.4 is 11.4 Å². The zero-order chi connectivity index (χ0) is 12.4. The molecule has 0 saturated heterocycles. The molecular weight excluding hydrogens is 216 g/mol. The van der Waals surface area contributed by atoms with Gasteiger partial charge in [0.1, 0.15) is 6.33 Å². The third kappa shape index (κ3) is 2.29. The molecule has 0 bridgehead atoms. The van der Waals surface area contributed by atoms with Crippen molar-refractivity contribution in [1.82, 2.24) is 14.3 Å². The molecule has 1 aromatic heterocycles. The highest BCUT2D eigenvalue weighted by atomic mass is 16.2. The first-order valence-electron chi connectivity index (χ1n) is 5.49. The quantitative estimate of drug-likeness (QED) is 0.842. The van der Waals surface area contributed by atoms with Crippen molar-refractivity contribution in [1.29, 1.82) is 0 Å². The number of hydrogen-bond acceptors (Lipinski definition) is 3. The van der Waals surface area contributed by atoms with Crippen molar-refractivity contribution in [2.75, 3.05) is 0 Å². The first-order chi connectivity index (χ1) is 8.09. The molecule has 0 fully saturated rings. The van der Waals surface area contributed by atoms with Gasteiger partial charge in [0.15, 0.2) is 0 Å². The van der Waals surface area contributed by atoms with Gasteiger partial charge in [-0.25, -0.2) is 9.48 Å². The fourth-order valence-electron chi connectivity index (χ4n) is 1.83. The fourth-order valence-corrected chi connectivity index (χ4v) is 1.83. The lowest BCUT2D eigenvalue weighted by atomic mass is 10.0. The smallest absolute Gasteiger partial charge is 0.322 e. The maximum atomic E-state index is 11.6. The largest absolute Gasteiger partial charge is 0.345 e. The first-order valence-corrected chi connectivity index (χ1v) is 5.49. The molecule has 0 amide bonds. The summed E-state index contributed by atoms with van der Waals surface area (Å²) in [5, 5.41) is 4.00. The Labute approximate surface area is 99.5 Å². The molecule has 2 aromatic rings. The van der Waals surface area contributed by atoms with Crippen LogP contribution in [0.1, 0.15) is 17.2 Å². The van der Waals surface area contributed by atoms with Crippen LogP contribution in [-0.2, 0) is 13.6 Å². The summed E-state index contributed by atoms with van der Waals surface area (Å²) < 4.78 is 2.82. The van der Waals surface area contributed by atoms with E-state index in [0.717, 1.165) is 11.1 Å². The Balaban J connectivity index is 2.23. The van der Waals surface area contributed by atoms with E-state index in [2.05, 4.69) is 5.10 Å². The van der Waals surface area contributed by atoms with Crippen molar-refractivity contribution in [3.63, 3.8) is 0 Å². The number of benzene rings is 1. The van der Waals surface area contributed by atoms with Gasteiger partial charge >= 0.3 is 5.69 Å². The summed E-state index contributed by atoms with van der Waals surface area (Å²) in [5.74, 6) is 0. The van der Waals surface area contributed by atoms with Crippen LogP contribution in [0.25, 0.3) is 0 Å². The van der Waals surface area contributed by atoms with E-state index >= 15 is 0 Å². The number of nitrogens with two attached hydrogens (primary N) is 1. The summed E-state index contributed by atoms with van der Waals surface area (Å²) in [6, 6.07) is 7.69. The van der Waals surface area contributed by atoms with E-state index in [0.29, 0.717) is 6.54 Å². The van der Waals surface area contributed by atoms with Gasteiger partial charge < -0.3 is 5.73 Å². The van der Waals surface area contributed by atoms with Crippen molar-refractivity contribution < 1.29 is 0 Å². The number of nitrogens with zero attached hydrogens (tertiary/aromatic N) is 3. The van der Waals surface area contributed by atoms with Gasteiger partial charge in [0.2, 0.25) is 0 Å². The Morgan fingerprint density at radius 3 is 2.71 bits per heavy atom. The lowest BCUT2D eigenvalue weighted by Crippen LogP contribution is -2.28. The molecule has 0 radical (unpaired) electrons. The minimum atomic E-state index is -0.219. The van der Waals surface area contributed by atoms with Crippen molar-refractivity contribution in [3.8, 4) is 0 Å². The zero-order valence-corrected chi connectivity index (χ0v) is 10.00. The minimum absolute atomic E-state index is 0.144. The van der Waals surface area contributed by atoms with Crippen LogP contribution in [0.15, 0.2) is 35.4 Å². The maximum Gasteiger partial charge on any atom is 0.345 e. The molecule has 0 aliphatic carbocycles. The molecule has 5 heteroatoms. The molecular formula is C12H16N4O. The second kappa shape index (κ2) is 4.55. The summed E-state index contributed by atoms with van der Waals surface area (Å²) in [6.07, 6.45) is 1.49. The second-order valence-electron chi connectivity index (χ2n) is 4.17. The Hall–Kier alpha value is -1.88. The average molecular weight is 232 g/mol. The third-order valence-corrected chi connectivity index (χ3v) is 2.84. The van der Waals surface area contributed by atoms with Crippen LogP contribution in [0.4, 0.5) is 0 Å². The van der Waals surface area contributed by atoms with Gasteiger partial charge in [-0.3, -0.25) is 4.57 Å². The molecule has 1 atom stereocenters. The van der Waals surface area contributed by atoms with E-state index in [1.54, 1.807) is 7.05 Å². The van der Waals surface area contributed by atoms with Crippen LogP contribution in [0.3, 0.4) is 0 Å². The van der Waals surface area contributed by atoms with Gasteiger partial charge in [0, 0.05) is 13.1 Å². The molecule has 0 spiro atoms. The van der Waals surface area contributed by atoms with Crippen molar-refractivity contribution in [2.24, 2.45) is 12.8 Å². The molecule has 1 aromatic carbocycles. The molecule has 0 saturated carbocycles. The lowest BCUT2D eigenvalue weighted by molar-refractivity contribution is 0.507. The number of aromatic nitrogens is 3. The summed E-state index contributed by atoms with van der Waals surface area (Å²) >= 11 is 0. The van der Waals surface area contributed by atoms with Crippen molar-refractivity contribution >= 4 is 0 Å². The van der Waals surface area contributed by atoms with Crippen LogP contribution in [0.2, 0.25) is 0 Å². The molecule has 2 N–H and O–H groups in total. The molecule has 2 rings (SSSR count). The van der Waals surface area contributed by atoms with Crippen LogP contribution in [-0.4, -0.2) is 14.3 Å². The van der Waals surface area contributed by atoms with Crippen LogP contribution in [0, 0.1) is 6.92 Å². The molecule has 90 valence electrons. The minimum Gasteiger partial charge on any atom is -0.322 e. The normalized spacial score (nSPS) is 12.6. The molecule has 17 heavy (non-hydrogen) atoms. The highest BCUT2D eigenvalue weighted by molar-refractivity contribution is 5.28. The molecule has 0 aliphatic heterocycles. The predicted octanol–water partition coefficient (Wildman–Crippen LogP) is 0.590. The van der Waals surface area contributed by atoms with Crippen molar-refractivity contribution in [2.45, 2.75) is 19.5 Å². The van der Waals surface area contributed by atoms with Crippen LogP contribution in [0.5, 0.6) is 0 Å². The van der Waals surface area contributed by atoms with Gasteiger partial charge in [-0.15, -0.1) is 0 Å². The fraction of sp³-hybridized carbons (Fsp3) is 0.333.